The summed E-state index contributed by atoms with van der Waals surface area (Å²) in [5.74, 6) is 3.24. The number of hydrogen-bond donors (Lipinski definition) is 2. The first-order chi connectivity index (χ1) is 16.9. The van der Waals surface area contributed by atoms with Gasteiger partial charge in [0.2, 0.25) is 5.88 Å². The molecular weight excluding hydrogens is 464 g/mol. The Bertz CT molecular complexity index is 1560. The van der Waals surface area contributed by atoms with Crippen molar-refractivity contribution in [3.05, 3.63) is 52.8 Å². The summed E-state index contributed by atoms with van der Waals surface area (Å²) in [6.45, 7) is 5.82. The predicted octanol–water partition coefficient (Wildman–Crippen LogP) is 4.68. The van der Waals surface area contributed by atoms with Crippen LogP contribution in [0.25, 0.3) is 27.2 Å². The number of anilines is 2. The highest BCUT2D eigenvalue weighted by atomic mass is 32.1. The summed E-state index contributed by atoms with van der Waals surface area (Å²) in [6, 6.07) is 7.62. The van der Waals surface area contributed by atoms with E-state index in [1.807, 2.05) is 58.3 Å². The highest BCUT2D eigenvalue weighted by Gasteiger charge is 2.21. The molecule has 5 rings (SSSR count). The minimum atomic E-state index is 0.300. The third-order valence-electron chi connectivity index (χ3n) is 5.66. The van der Waals surface area contributed by atoms with Crippen molar-refractivity contribution >= 4 is 33.7 Å². The average molecular weight is 489 g/mol. The van der Waals surface area contributed by atoms with Crippen molar-refractivity contribution in [2.75, 3.05) is 25.2 Å². The van der Waals surface area contributed by atoms with E-state index in [4.69, 9.17) is 20.2 Å². The van der Waals surface area contributed by atoms with E-state index in [9.17, 15) is 0 Å². The number of ether oxygens (including phenoxy) is 2. The average Bonchev–Trinajstić information content (AvgIpc) is 3.51. The third kappa shape index (κ3) is 3.99. The number of hydrogen-bond acceptors (Lipinski definition) is 10. The number of aromatic nitrogens is 6. The van der Waals surface area contributed by atoms with Crippen molar-refractivity contribution in [1.82, 2.24) is 29.9 Å². The molecule has 0 saturated heterocycles. The first-order valence-electron chi connectivity index (χ1n) is 10.8. The zero-order chi connectivity index (χ0) is 24.7. The summed E-state index contributed by atoms with van der Waals surface area (Å²) in [6.07, 6.45) is 3.53. The monoisotopic (exact) mass is 488 g/mol. The van der Waals surface area contributed by atoms with Crippen LogP contribution in [0.5, 0.6) is 17.4 Å². The molecule has 1 aromatic carbocycles. The number of nitrogens with zero attached hydrogens (tertiary/aromatic N) is 6. The number of methoxy groups -OCH3 is 1. The Balaban J connectivity index is 1.79. The second-order valence-electron chi connectivity index (χ2n) is 7.93. The smallest absolute Gasteiger partial charge is 0.232 e. The van der Waals surface area contributed by atoms with Crippen LogP contribution in [0.3, 0.4) is 0 Å². The van der Waals surface area contributed by atoms with Gasteiger partial charge in [-0.25, -0.2) is 9.67 Å². The highest BCUT2D eigenvalue weighted by molar-refractivity contribution is 7.14. The summed E-state index contributed by atoms with van der Waals surface area (Å²) in [5, 5.41) is 19.0. The lowest BCUT2D eigenvalue weighted by Crippen LogP contribution is -2.05. The zero-order valence-corrected chi connectivity index (χ0v) is 20.8. The van der Waals surface area contributed by atoms with Crippen LogP contribution in [0.1, 0.15) is 16.1 Å². The molecule has 5 aromatic rings. The second-order valence-corrected chi connectivity index (χ2v) is 9.11. The van der Waals surface area contributed by atoms with Gasteiger partial charge in [0.15, 0.2) is 5.82 Å². The molecule has 178 valence electrons. The molecule has 0 aliphatic heterocycles. The van der Waals surface area contributed by atoms with E-state index >= 15 is 0 Å². The van der Waals surface area contributed by atoms with E-state index in [0.717, 1.165) is 32.1 Å². The van der Waals surface area contributed by atoms with E-state index < -0.39 is 0 Å². The number of aryl methyl sites for hydroxylation is 2. The molecule has 0 fully saturated rings. The number of benzene rings is 1. The fourth-order valence-corrected chi connectivity index (χ4v) is 4.59. The quantitative estimate of drug-likeness (QED) is 0.350. The number of nitrogens with one attached hydrogen (secondary N) is 1. The van der Waals surface area contributed by atoms with Crippen molar-refractivity contribution in [3.63, 3.8) is 0 Å². The number of pyridine rings is 2. The van der Waals surface area contributed by atoms with Gasteiger partial charge in [0.25, 0.3) is 0 Å². The van der Waals surface area contributed by atoms with Crippen molar-refractivity contribution in [2.45, 2.75) is 20.8 Å². The summed E-state index contributed by atoms with van der Waals surface area (Å²) in [7, 11) is 3.44. The molecule has 0 bridgehead atoms. The number of fused-ring (bicyclic) bond motifs is 1. The van der Waals surface area contributed by atoms with Crippen LogP contribution in [0.2, 0.25) is 0 Å². The largest absolute Gasteiger partial charge is 0.496 e. The van der Waals surface area contributed by atoms with E-state index in [1.54, 1.807) is 18.0 Å². The number of rotatable bonds is 6. The molecule has 11 heteroatoms. The molecule has 4 aromatic heterocycles. The van der Waals surface area contributed by atoms with Gasteiger partial charge in [-0.05, 0) is 38.5 Å². The van der Waals surface area contributed by atoms with Crippen LogP contribution in [0.4, 0.5) is 11.6 Å². The van der Waals surface area contributed by atoms with Crippen molar-refractivity contribution in [2.24, 2.45) is 0 Å². The first kappa shape index (κ1) is 22.5. The molecule has 0 atom stereocenters. The van der Waals surface area contributed by atoms with Gasteiger partial charge in [0.1, 0.15) is 33.1 Å². The van der Waals surface area contributed by atoms with Gasteiger partial charge < -0.3 is 20.5 Å². The molecule has 35 heavy (non-hydrogen) atoms. The minimum absolute atomic E-state index is 0.300. The Labute approximate surface area is 205 Å². The van der Waals surface area contributed by atoms with Gasteiger partial charge in [-0.1, -0.05) is 17.4 Å². The van der Waals surface area contributed by atoms with E-state index in [-0.39, 0.29) is 0 Å². The fraction of sp³-hybridized carbons (Fsp3) is 0.208. The molecule has 0 radical (unpaired) electrons. The molecule has 0 saturated carbocycles. The van der Waals surface area contributed by atoms with Crippen molar-refractivity contribution in [3.8, 4) is 33.8 Å². The molecule has 3 N–H and O–H groups in total. The summed E-state index contributed by atoms with van der Waals surface area (Å²) in [4.78, 5) is 9.24. The van der Waals surface area contributed by atoms with Gasteiger partial charge in [0, 0.05) is 42.0 Å². The minimum Gasteiger partial charge on any atom is -0.496 e. The van der Waals surface area contributed by atoms with E-state index in [1.165, 1.54) is 11.3 Å². The zero-order valence-electron chi connectivity index (χ0n) is 19.9. The predicted molar refractivity (Wildman–Crippen MR) is 137 cm³/mol. The topological polar surface area (TPSA) is 126 Å². The highest BCUT2D eigenvalue weighted by Crippen LogP contribution is 2.41. The van der Waals surface area contributed by atoms with Crippen LogP contribution in [-0.4, -0.2) is 44.1 Å². The first-order valence-corrected chi connectivity index (χ1v) is 11.7. The standard InChI is InChI=1S/C24H24N8O2S/c1-12-6-7-17(33-5)13(2)21(12)34-23-20-15(10-19(28-23)32-9-8-18(26-4)31-32)16(11-27-22(20)25)24-30-29-14(3)35-24/h6-11H,1-5H3,(H2,25,27)(H,26,31). The Hall–Kier alpha value is -4.25. The van der Waals surface area contributed by atoms with Gasteiger partial charge in [-0.2, -0.15) is 4.98 Å². The molecule has 0 unspecified atom stereocenters. The number of nitrogen functional groups attached to an aromatic ring is 1. The third-order valence-corrected chi connectivity index (χ3v) is 6.53. The second kappa shape index (κ2) is 8.84. The van der Waals surface area contributed by atoms with Gasteiger partial charge in [-0.3, -0.25) is 0 Å². The Morgan fingerprint density at radius 2 is 1.94 bits per heavy atom. The Kier molecular flexibility index (Phi) is 5.69. The molecular formula is C24H24N8O2S. The van der Waals surface area contributed by atoms with Crippen molar-refractivity contribution in [1.29, 1.82) is 0 Å². The van der Waals surface area contributed by atoms with Crippen LogP contribution in [-0.2, 0) is 0 Å². The van der Waals surface area contributed by atoms with Gasteiger partial charge >= 0.3 is 0 Å². The lowest BCUT2D eigenvalue weighted by Gasteiger charge is -2.17. The van der Waals surface area contributed by atoms with Crippen molar-refractivity contribution < 1.29 is 9.47 Å². The van der Waals surface area contributed by atoms with Gasteiger partial charge in [-0.15, -0.1) is 15.3 Å². The molecule has 0 spiro atoms. The normalized spacial score (nSPS) is 11.1. The van der Waals surface area contributed by atoms with Crippen LogP contribution >= 0.6 is 11.3 Å². The fourth-order valence-electron chi connectivity index (χ4n) is 3.87. The molecule has 4 heterocycles. The van der Waals surface area contributed by atoms with Crippen LogP contribution in [0, 0.1) is 20.8 Å². The van der Waals surface area contributed by atoms with E-state index in [0.29, 0.717) is 40.2 Å². The molecule has 10 nitrogen and oxygen atoms in total. The van der Waals surface area contributed by atoms with Crippen LogP contribution < -0.4 is 20.5 Å². The molecule has 0 aliphatic rings. The molecule has 0 aliphatic carbocycles. The maximum Gasteiger partial charge on any atom is 0.232 e. The summed E-state index contributed by atoms with van der Waals surface area (Å²) < 4.78 is 13.6. The number of nitrogens with two attached hydrogens (primary N) is 1. The molecule has 0 amide bonds. The van der Waals surface area contributed by atoms with E-state index in [2.05, 4.69) is 25.6 Å². The summed E-state index contributed by atoms with van der Waals surface area (Å²) >= 11 is 1.48. The van der Waals surface area contributed by atoms with Gasteiger partial charge in [0.05, 0.1) is 12.5 Å². The lowest BCUT2D eigenvalue weighted by molar-refractivity contribution is 0.402. The Morgan fingerprint density at radius 1 is 1.11 bits per heavy atom. The Morgan fingerprint density at radius 3 is 2.63 bits per heavy atom. The van der Waals surface area contributed by atoms with Crippen LogP contribution in [0.15, 0.2) is 36.7 Å². The lowest BCUT2D eigenvalue weighted by atomic mass is 10.1. The SMILES string of the molecule is CNc1ccn(-c2cc3c(-c4nnc(C)s4)cnc(N)c3c(Oc3c(C)ccc(OC)c3C)n2)n1. The maximum atomic E-state index is 6.47. The maximum absolute atomic E-state index is 6.47. The summed E-state index contributed by atoms with van der Waals surface area (Å²) in [5.41, 5.74) is 8.96.